The Morgan fingerprint density at radius 3 is 2.52 bits per heavy atom. The highest BCUT2D eigenvalue weighted by Crippen LogP contribution is 2.38. The largest absolute Gasteiger partial charge is 0.329 e. The minimum atomic E-state index is -0.0713. The summed E-state index contributed by atoms with van der Waals surface area (Å²) < 4.78 is 3.00. The Morgan fingerprint density at radius 2 is 1.86 bits per heavy atom. The lowest BCUT2D eigenvalue weighted by atomic mass is 9.99. The third-order valence-electron chi connectivity index (χ3n) is 6.91. The van der Waals surface area contributed by atoms with E-state index in [2.05, 4.69) is 39.9 Å². The number of fused-ring (bicyclic) bond motifs is 2. The first kappa shape index (κ1) is 21.0. The summed E-state index contributed by atoms with van der Waals surface area (Å²) in [5.41, 5.74) is 6.83. The minimum absolute atomic E-state index is 0.0713. The average molecular weight is 417 g/mol. The molecule has 1 atom stereocenters. The molecule has 2 N–H and O–H groups in total. The number of nitrogens with one attached hydrogen (secondary N) is 2. The minimum Gasteiger partial charge on any atom is -0.307 e. The second kappa shape index (κ2) is 9.71. The summed E-state index contributed by atoms with van der Waals surface area (Å²) in [7, 11) is 2.18. The lowest BCUT2D eigenvalue weighted by molar-refractivity contribution is 0.225. The van der Waals surface area contributed by atoms with Gasteiger partial charge in [-0.1, -0.05) is 6.07 Å². The zero-order valence-corrected chi connectivity index (χ0v) is 18.9. The second-order valence-electron chi connectivity index (χ2n) is 8.97. The molecule has 1 aromatic rings. The zero-order chi connectivity index (χ0) is 20.2. The van der Waals surface area contributed by atoms with Gasteiger partial charge in [-0.05, 0) is 106 Å². The van der Waals surface area contributed by atoms with Gasteiger partial charge in [-0.2, -0.15) is 0 Å². The first-order valence-electron chi connectivity index (χ1n) is 11.4. The molecule has 1 saturated heterocycles. The van der Waals surface area contributed by atoms with Crippen molar-refractivity contribution in [3.05, 3.63) is 28.3 Å². The molecule has 0 bridgehead atoms. The van der Waals surface area contributed by atoms with Crippen molar-refractivity contribution in [1.82, 2.24) is 14.5 Å². The quantitative estimate of drug-likeness (QED) is 0.499. The molecule has 2 amide bonds. The number of rotatable bonds is 8. The van der Waals surface area contributed by atoms with Gasteiger partial charge in [-0.15, -0.1) is 0 Å². The van der Waals surface area contributed by atoms with Crippen molar-refractivity contribution in [3.63, 3.8) is 0 Å². The predicted molar refractivity (Wildman–Crippen MR) is 123 cm³/mol. The summed E-state index contributed by atoms with van der Waals surface area (Å²) in [6.45, 7) is 6.82. The number of aryl methyl sites for hydroxylation is 2. The van der Waals surface area contributed by atoms with Gasteiger partial charge in [0.25, 0.3) is 0 Å². The molecule has 5 nitrogen and oxygen atoms in total. The monoisotopic (exact) mass is 416 g/mol. The van der Waals surface area contributed by atoms with E-state index in [1.165, 1.54) is 66.4 Å². The normalized spacial score (nSPS) is 20.9. The summed E-state index contributed by atoms with van der Waals surface area (Å²) in [5.74, 6) is 0.907. The van der Waals surface area contributed by atoms with Gasteiger partial charge in [-0.3, -0.25) is 9.62 Å². The van der Waals surface area contributed by atoms with Crippen molar-refractivity contribution in [3.8, 4) is 0 Å². The fourth-order valence-corrected chi connectivity index (χ4v) is 5.85. The number of hydrogen-bond acceptors (Lipinski definition) is 4. The topological polar surface area (TPSA) is 47.6 Å². The van der Waals surface area contributed by atoms with E-state index in [0.29, 0.717) is 0 Å². The Balaban J connectivity index is 1.19. The third-order valence-corrected chi connectivity index (χ3v) is 7.63. The SMILES string of the molecule is CC1CCCN1CCN(C)CCSNC(=O)Nc1c2c(cc3c1CCC3)CCC2. The van der Waals surface area contributed by atoms with E-state index in [4.69, 9.17) is 0 Å². The molecule has 4 rings (SSSR count). The van der Waals surface area contributed by atoms with Crippen LogP contribution >= 0.6 is 11.9 Å². The number of urea groups is 1. The number of likely N-dealkylation sites (tertiary alicyclic amines) is 1. The number of benzene rings is 1. The molecule has 0 radical (unpaired) electrons. The summed E-state index contributed by atoms with van der Waals surface area (Å²) in [6, 6.07) is 3.07. The van der Waals surface area contributed by atoms with Crippen LogP contribution in [-0.4, -0.2) is 60.9 Å². The first-order chi connectivity index (χ1) is 14.1. The van der Waals surface area contributed by atoms with Crippen molar-refractivity contribution in [2.75, 3.05) is 44.3 Å². The number of carbonyl (C=O) groups is 1. The second-order valence-corrected chi connectivity index (χ2v) is 9.87. The van der Waals surface area contributed by atoms with Crippen LogP contribution in [0.1, 0.15) is 54.9 Å². The molecule has 3 aliphatic rings. The van der Waals surface area contributed by atoms with E-state index >= 15 is 0 Å². The summed E-state index contributed by atoms with van der Waals surface area (Å²) >= 11 is 1.52. The van der Waals surface area contributed by atoms with Crippen LogP contribution in [0.3, 0.4) is 0 Å². The number of anilines is 1. The standard InChI is InChI=1S/C23H36N4OS/c1-17-6-5-11-27(17)13-12-26(2)14-15-29-25-23(28)24-22-20-9-3-7-18(20)16-19-8-4-10-21(19)22/h16-17H,3-15H2,1-2H3,(H2,24,25,28). The highest BCUT2D eigenvalue weighted by Gasteiger charge is 2.25. The van der Waals surface area contributed by atoms with Gasteiger partial charge in [0.15, 0.2) is 0 Å². The first-order valence-corrected chi connectivity index (χ1v) is 12.4. The third kappa shape index (κ3) is 5.09. The zero-order valence-electron chi connectivity index (χ0n) is 18.1. The number of carbonyl (C=O) groups excluding carboxylic acids is 1. The number of amides is 2. The lowest BCUT2D eigenvalue weighted by Gasteiger charge is -2.24. The Labute approximate surface area is 180 Å². The van der Waals surface area contributed by atoms with Crippen LogP contribution in [0.4, 0.5) is 10.5 Å². The van der Waals surface area contributed by atoms with Crippen molar-refractivity contribution < 1.29 is 4.79 Å². The molecule has 0 spiro atoms. The molecule has 0 aromatic heterocycles. The van der Waals surface area contributed by atoms with E-state index in [1.807, 2.05) is 0 Å². The molecule has 1 heterocycles. The lowest BCUT2D eigenvalue weighted by Crippen LogP contribution is -2.36. The maximum Gasteiger partial charge on any atom is 0.329 e. The maximum atomic E-state index is 12.5. The smallest absolute Gasteiger partial charge is 0.307 e. The van der Waals surface area contributed by atoms with Gasteiger partial charge in [0.05, 0.1) is 0 Å². The Hall–Kier alpha value is -1.24. The molecular weight excluding hydrogens is 380 g/mol. The highest BCUT2D eigenvalue weighted by atomic mass is 32.2. The van der Waals surface area contributed by atoms with Crippen LogP contribution in [-0.2, 0) is 25.7 Å². The van der Waals surface area contributed by atoms with E-state index in [1.54, 1.807) is 0 Å². The van der Waals surface area contributed by atoms with Crippen LogP contribution < -0.4 is 10.0 Å². The van der Waals surface area contributed by atoms with E-state index in [0.717, 1.165) is 62.8 Å². The molecule has 0 saturated carbocycles. The van der Waals surface area contributed by atoms with Gasteiger partial charge < -0.3 is 10.2 Å². The van der Waals surface area contributed by atoms with Gasteiger partial charge >= 0.3 is 6.03 Å². The van der Waals surface area contributed by atoms with Crippen LogP contribution in [0, 0.1) is 0 Å². The average Bonchev–Trinajstić information content (AvgIpc) is 3.44. The summed E-state index contributed by atoms with van der Waals surface area (Å²) in [4.78, 5) is 17.5. The molecule has 6 heteroatoms. The van der Waals surface area contributed by atoms with Crippen LogP contribution in [0.25, 0.3) is 0 Å². The van der Waals surface area contributed by atoms with Crippen molar-refractivity contribution in [2.45, 2.75) is 64.3 Å². The van der Waals surface area contributed by atoms with E-state index in [-0.39, 0.29) is 6.03 Å². The molecule has 1 aromatic carbocycles. The molecule has 29 heavy (non-hydrogen) atoms. The molecule has 160 valence electrons. The molecular formula is C23H36N4OS. The highest BCUT2D eigenvalue weighted by molar-refractivity contribution is 7.97. The number of hydrogen-bond donors (Lipinski definition) is 2. The predicted octanol–water partition coefficient (Wildman–Crippen LogP) is 3.85. The number of nitrogens with zero attached hydrogens (tertiary/aromatic N) is 2. The van der Waals surface area contributed by atoms with Gasteiger partial charge in [-0.25, -0.2) is 4.79 Å². The summed E-state index contributed by atoms with van der Waals surface area (Å²) in [5, 5.41) is 3.21. The fourth-order valence-electron chi connectivity index (χ4n) is 5.16. The van der Waals surface area contributed by atoms with Gasteiger partial charge in [0.2, 0.25) is 0 Å². The maximum absolute atomic E-state index is 12.5. The molecule has 2 aliphatic carbocycles. The van der Waals surface area contributed by atoms with Crippen molar-refractivity contribution in [2.24, 2.45) is 0 Å². The number of likely N-dealkylation sites (N-methyl/N-ethyl adjacent to an activating group) is 1. The molecule has 1 unspecified atom stereocenters. The van der Waals surface area contributed by atoms with E-state index in [9.17, 15) is 4.79 Å². The van der Waals surface area contributed by atoms with Crippen molar-refractivity contribution >= 4 is 23.7 Å². The van der Waals surface area contributed by atoms with Crippen LogP contribution in [0.15, 0.2) is 6.07 Å². The summed E-state index contributed by atoms with van der Waals surface area (Å²) in [6.07, 6.45) is 9.64. The fraction of sp³-hybridized carbons (Fsp3) is 0.696. The van der Waals surface area contributed by atoms with Crippen LogP contribution in [0.5, 0.6) is 0 Å². The van der Waals surface area contributed by atoms with Gasteiger partial charge in [0.1, 0.15) is 0 Å². The molecule has 1 aliphatic heterocycles. The Kier molecular flexibility index (Phi) is 7.04. The Morgan fingerprint density at radius 1 is 1.14 bits per heavy atom. The van der Waals surface area contributed by atoms with E-state index < -0.39 is 0 Å². The van der Waals surface area contributed by atoms with Crippen LogP contribution in [0.2, 0.25) is 0 Å². The van der Waals surface area contributed by atoms with Crippen molar-refractivity contribution in [1.29, 1.82) is 0 Å². The van der Waals surface area contributed by atoms with Gasteiger partial charge in [0, 0.05) is 37.1 Å². The Bertz CT molecular complexity index is 706. The molecule has 1 fully saturated rings.